The molecule has 21 heavy (non-hydrogen) atoms. The molecule has 0 fully saturated rings. The predicted molar refractivity (Wildman–Crippen MR) is 82.2 cm³/mol. The Kier molecular flexibility index (Phi) is 6.72. The standard InChI is InChI=1S/C16H24N2O3/c1-12(17-13(2)19)16(20)18(3)11-5-6-14-7-9-15(21-4)10-8-14/h7-10,12H,5-6,11H2,1-4H3,(H,17,19). The Morgan fingerprint density at radius 1 is 1.29 bits per heavy atom. The second-order valence-electron chi connectivity index (χ2n) is 5.13. The van der Waals surface area contributed by atoms with Gasteiger partial charge in [0.1, 0.15) is 11.8 Å². The zero-order valence-electron chi connectivity index (χ0n) is 13.2. The van der Waals surface area contributed by atoms with Crippen LogP contribution in [0.5, 0.6) is 5.75 Å². The molecule has 0 aliphatic heterocycles. The highest BCUT2D eigenvalue weighted by Crippen LogP contribution is 2.12. The van der Waals surface area contributed by atoms with Crippen LogP contribution in [-0.4, -0.2) is 43.5 Å². The van der Waals surface area contributed by atoms with E-state index < -0.39 is 6.04 Å². The Balaban J connectivity index is 2.36. The molecule has 0 saturated heterocycles. The summed E-state index contributed by atoms with van der Waals surface area (Å²) in [4.78, 5) is 24.6. The van der Waals surface area contributed by atoms with Gasteiger partial charge in [0.05, 0.1) is 7.11 Å². The zero-order valence-corrected chi connectivity index (χ0v) is 13.2. The molecule has 0 saturated carbocycles. The smallest absolute Gasteiger partial charge is 0.244 e. The van der Waals surface area contributed by atoms with Crippen LogP contribution < -0.4 is 10.1 Å². The highest BCUT2D eigenvalue weighted by atomic mass is 16.5. The quantitative estimate of drug-likeness (QED) is 0.830. The van der Waals surface area contributed by atoms with Gasteiger partial charge in [0.15, 0.2) is 0 Å². The third-order valence-corrected chi connectivity index (χ3v) is 3.28. The summed E-state index contributed by atoms with van der Waals surface area (Å²) in [5, 5.41) is 2.60. The van der Waals surface area contributed by atoms with E-state index in [0.717, 1.165) is 18.6 Å². The summed E-state index contributed by atoms with van der Waals surface area (Å²) in [5.41, 5.74) is 1.21. The maximum atomic E-state index is 12.0. The maximum Gasteiger partial charge on any atom is 0.244 e. The first-order valence-corrected chi connectivity index (χ1v) is 7.09. The normalized spacial score (nSPS) is 11.6. The van der Waals surface area contributed by atoms with E-state index in [9.17, 15) is 9.59 Å². The molecule has 0 heterocycles. The van der Waals surface area contributed by atoms with Gasteiger partial charge in [0.2, 0.25) is 11.8 Å². The van der Waals surface area contributed by atoms with Gasteiger partial charge in [-0.1, -0.05) is 12.1 Å². The van der Waals surface area contributed by atoms with Crippen LogP contribution in [0.15, 0.2) is 24.3 Å². The summed E-state index contributed by atoms with van der Waals surface area (Å²) in [5.74, 6) is 0.581. The van der Waals surface area contributed by atoms with Crippen LogP contribution in [0.3, 0.4) is 0 Å². The van der Waals surface area contributed by atoms with Crippen molar-refractivity contribution in [1.29, 1.82) is 0 Å². The summed E-state index contributed by atoms with van der Waals surface area (Å²) < 4.78 is 5.11. The molecule has 0 radical (unpaired) electrons. The molecule has 0 spiro atoms. The minimum atomic E-state index is -0.478. The van der Waals surface area contributed by atoms with Gasteiger partial charge < -0.3 is 15.0 Å². The van der Waals surface area contributed by atoms with Crippen molar-refractivity contribution in [3.63, 3.8) is 0 Å². The molecule has 116 valence electrons. The average molecular weight is 292 g/mol. The highest BCUT2D eigenvalue weighted by molar-refractivity contribution is 5.86. The van der Waals surface area contributed by atoms with E-state index in [0.29, 0.717) is 6.54 Å². The molecule has 0 aromatic heterocycles. The maximum absolute atomic E-state index is 12.0. The van der Waals surface area contributed by atoms with Crippen LogP contribution in [0, 0.1) is 0 Å². The number of aryl methyl sites for hydroxylation is 1. The molecule has 0 aliphatic rings. The molecule has 1 atom stereocenters. The van der Waals surface area contributed by atoms with Crippen LogP contribution in [-0.2, 0) is 16.0 Å². The summed E-state index contributed by atoms with van der Waals surface area (Å²) in [7, 11) is 3.40. The van der Waals surface area contributed by atoms with Gasteiger partial charge in [-0.3, -0.25) is 9.59 Å². The number of likely N-dealkylation sites (N-methyl/N-ethyl adjacent to an activating group) is 1. The minimum Gasteiger partial charge on any atom is -0.497 e. The van der Waals surface area contributed by atoms with E-state index in [1.165, 1.54) is 12.5 Å². The van der Waals surface area contributed by atoms with E-state index >= 15 is 0 Å². The first kappa shape index (κ1) is 17.0. The number of hydrogen-bond donors (Lipinski definition) is 1. The summed E-state index contributed by atoms with van der Waals surface area (Å²) in [6.07, 6.45) is 1.78. The number of methoxy groups -OCH3 is 1. The van der Waals surface area contributed by atoms with Crippen molar-refractivity contribution in [1.82, 2.24) is 10.2 Å². The lowest BCUT2D eigenvalue weighted by atomic mass is 10.1. The van der Waals surface area contributed by atoms with Gasteiger partial charge >= 0.3 is 0 Å². The second-order valence-corrected chi connectivity index (χ2v) is 5.13. The Morgan fingerprint density at radius 2 is 1.90 bits per heavy atom. The predicted octanol–water partition coefficient (Wildman–Crippen LogP) is 1.61. The molecule has 1 N–H and O–H groups in total. The van der Waals surface area contributed by atoms with Gasteiger partial charge in [-0.2, -0.15) is 0 Å². The highest BCUT2D eigenvalue weighted by Gasteiger charge is 2.17. The van der Waals surface area contributed by atoms with E-state index in [1.54, 1.807) is 26.0 Å². The van der Waals surface area contributed by atoms with Crippen molar-refractivity contribution < 1.29 is 14.3 Å². The van der Waals surface area contributed by atoms with Crippen LogP contribution >= 0.6 is 0 Å². The number of carbonyl (C=O) groups excluding carboxylic acids is 2. The van der Waals surface area contributed by atoms with Gasteiger partial charge in [-0.05, 0) is 37.5 Å². The van der Waals surface area contributed by atoms with Crippen LogP contribution in [0.2, 0.25) is 0 Å². The summed E-state index contributed by atoms with van der Waals surface area (Å²) >= 11 is 0. The molecule has 0 bridgehead atoms. The van der Waals surface area contributed by atoms with E-state index in [2.05, 4.69) is 5.32 Å². The number of nitrogens with zero attached hydrogens (tertiary/aromatic N) is 1. The molecule has 1 aromatic carbocycles. The molecule has 1 rings (SSSR count). The van der Waals surface area contributed by atoms with Crippen molar-refractivity contribution in [3.8, 4) is 5.75 Å². The number of rotatable bonds is 7. The van der Waals surface area contributed by atoms with Crippen molar-refractivity contribution in [3.05, 3.63) is 29.8 Å². The van der Waals surface area contributed by atoms with E-state index in [1.807, 2.05) is 24.3 Å². The van der Waals surface area contributed by atoms with Crippen LogP contribution in [0.25, 0.3) is 0 Å². The molecule has 5 heteroatoms. The van der Waals surface area contributed by atoms with Crippen molar-refractivity contribution in [2.24, 2.45) is 0 Å². The van der Waals surface area contributed by atoms with Crippen molar-refractivity contribution in [2.45, 2.75) is 32.7 Å². The minimum absolute atomic E-state index is 0.0695. The zero-order chi connectivity index (χ0) is 15.8. The number of benzene rings is 1. The lowest BCUT2D eigenvalue weighted by Gasteiger charge is -2.21. The molecule has 0 aliphatic carbocycles. The fourth-order valence-electron chi connectivity index (χ4n) is 2.12. The lowest BCUT2D eigenvalue weighted by molar-refractivity contribution is -0.134. The van der Waals surface area contributed by atoms with Gasteiger partial charge in [0, 0.05) is 20.5 Å². The number of carbonyl (C=O) groups is 2. The fourth-order valence-corrected chi connectivity index (χ4v) is 2.12. The topological polar surface area (TPSA) is 58.6 Å². The van der Waals surface area contributed by atoms with Crippen molar-refractivity contribution in [2.75, 3.05) is 20.7 Å². The monoisotopic (exact) mass is 292 g/mol. The summed E-state index contributed by atoms with van der Waals surface area (Å²) in [6.45, 7) is 3.77. The van der Waals surface area contributed by atoms with Gasteiger partial charge in [-0.15, -0.1) is 0 Å². The SMILES string of the molecule is COc1ccc(CCCN(C)C(=O)C(C)NC(C)=O)cc1. The summed E-state index contributed by atoms with van der Waals surface area (Å²) in [6, 6.07) is 7.45. The molecular weight excluding hydrogens is 268 g/mol. The van der Waals surface area contributed by atoms with Gasteiger partial charge in [-0.25, -0.2) is 0 Å². The lowest BCUT2D eigenvalue weighted by Crippen LogP contribution is -2.45. The van der Waals surface area contributed by atoms with Crippen LogP contribution in [0.1, 0.15) is 25.8 Å². The third-order valence-electron chi connectivity index (χ3n) is 3.28. The Morgan fingerprint density at radius 3 is 2.43 bits per heavy atom. The Labute approximate surface area is 126 Å². The van der Waals surface area contributed by atoms with E-state index in [4.69, 9.17) is 4.74 Å². The fraction of sp³-hybridized carbons (Fsp3) is 0.500. The molecule has 1 unspecified atom stereocenters. The average Bonchev–Trinajstić information content (AvgIpc) is 2.46. The number of ether oxygens (including phenoxy) is 1. The first-order valence-electron chi connectivity index (χ1n) is 7.09. The number of amides is 2. The molecule has 1 aromatic rings. The van der Waals surface area contributed by atoms with Crippen LogP contribution in [0.4, 0.5) is 0 Å². The van der Waals surface area contributed by atoms with E-state index in [-0.39, 0.29) is 11.8 Å². The molecule has 5 nitrogen and oxygen atoms in total. The Hall–Kier alpha value is -2.04. The number of hydrogen-bond acceptors (Lipinski definition) is 3. The largest absolute Gasteiger partial charge is 0.497 e. The molecular formula is C16H24N2O3. The third kappa shape index (κ3) is 5.85. The van der Waals surface area contributed by atoms with Crippen molar-refractivity contribution >= 4 is 11.8 Å². The van der Waals surface area contributed by atoms with Gasteiger partial charge in [0.25, 0.3) is 0 Å². The Bertz CT molecular complexity index is 471. The first-order chi connectivity index (χ1) is 9.93. The second kappa shape index (κ2) is 8.29. The number of nitrogens with one attached hydrogen (secondary N) is 1. The molecule has 2 amide bonds.